The molecule has 1 rings (SSSR count). The van der Waals surface area contributed by atoms with Gasteiger partial charge in [-0.2, -0.15) is 0 Å². The Labute approximate surface area is 104 Å². The summed E-state index contributed by atoms with van der Waals surface area (Å²) >= 11 is 2.15. The number of likely N-dealkylation sites (N-methyl/N-ethyl adjacent to an activating group) is 1. The van der Waals surface area contributed by atoms with Crippen LogP contribution in [0.1, 0.15) is 25.5 Å². The summed E-state index contributed by atoms with van der Waals surface area (Å²) in [6.07, 6.45) is 0. The molecule has 3 heteroatoms. The van der Waals surface area contributed by atoms with Gasteiger partial charge in [0.2, 0.25) is 0 Å². The van der Waals surface area contributed by atoms with E-state index < -0.39 is 0 Å². The summed E-state index contributed by atoms with van der Waals surface area (Å²) in [5.41, 5.74) is 2.13. The minimum Gasteiger partial charge on any atom is -0.307 e. The minimum absolute atomic E-state index is 0.113. The van der Waals surface area contributed by atoms with Crippen LogP contribution in [0.3, 0.4) is 0 Å². The van der Waals surface area contributed by atoms with Crippen LogP contribution in [0.4, 0.5) is 4.39 Å². The molecule has 1 nitrogen and oxygen atoms in total. The van der Waals surface area contributed by atoms with E-state index in [1.54, 1.807) is 6.07 Å². The maximum absolute atomic E-state index is 13.0. The Morgan fingerprint density at radius 2 is 2.27 bits per heavy atom. The van der Waals surface area contributed by atoms with Crippen molar-refractivity contribution in [1.82, 2.24) is 5.32 Å². The smallest absolute Gasteiger partial charge is 0.124 e. The van der Waals surface area contributed by atoms with E-state index in [1.165, 1.54) is 6.07 Å². The molecule has 0 radical (unpaired) electrons. The first-order valence-corrected chi connectivity index (χ1v) is 5.97. The quantitative estimate of drug-likeness (QED) is 0.660. The zero-order valence-corrected chi connectivity index (χ0v) is 11.1. The van der Waals surface area contributed by atoms with Gasteiger partial charge in [-0.05, 0) is 53.8 Å². The van der Waals surface area contributed by atoms with E-state index in [4.69, 9.17) is 0 Å². The maximum Gasteiger partial charge on any atom is 0.124 e. The van der Waals surface area contributed by atoms with Crippen molar-refractivity contribution in [3.05, 3.63) is 45.3 Å². The van der Waals surface area contributed by atoms with Crippen molar-refractivity contribution in [1.29, 1.82) is 0 Å². The van der Waals surface area contributed by atoms with Gasteiger partial charge in [0.05, 0.1) is 6.04 Å². The molecule has 0 bridgehead atoms. The topological polar surface area (TPSA) is 12.0 Å². The molecule has 1 N–H and O–H groups in total. The fourth-order valence-corrected chi connectivity index (χ4v) is 2.28. The highest BCUT2D eigenvalue weighted by molar-refractivity contribution is 14.1. The van der Waals surface area contributed by atoms with Crippen LogP contribution in [0.15, 0.2) is 30.4 Å². The Kier molecular flexibility index (Phi) is 4.73. The fraction of sp³-hybridized carbons (Fsp3) is 0.333. The Bertz CT molecular complexity index is 363. The predicted octanol–water partition coefficient (Wildman–Crippen LogP) is 3.66. The first-order valence-electron chi connectivity index (χ1n) is 4.90. The van der Waals surface area contributed by atoms with Crippen molar-refractivity contribution in [3.63, 3.8) is 0 Å². The van der Waals surface area contributed by atoms with Gasteiger partial charge in [0.15, 0.2) is 0 Å². The normalized spacial score (nSPS) is 12.5. The summed E-state index contributed by atoms with van der Waals surface area (Å²) in [5.74, 6) is -0.194. The van der Waals surface area contributed by atoms with Crippen molar-refractivity contribution in [2.75, 3.05) is 6.54 Å². The van der Waals surface area contributed by atoms with Gasteiger partial charge in [0, 0.05) is 3.57 Å². The number of benzene rings is 1. The van der Waals surface area contributed by atoms with Crippen LogP contribution in [-0.2, 0) is 0 Å². The van der Waals surface area contributed by atoms with E-state index in [-0.39, 0.29) is 11.9 Å². The second kappa shape index (κ2) is 5.61. The van der Waals surface area contributed by atoms with Gasteiger partial charge in [-0.25, -0.2) is 4.39 Å². The summed E-state index contributed by atoms with van der Waals surface area (Å²) in [6.45, 7) is 8.85. The lowest BCUT2D eigenvalue weighted by atomic mass is 10.0. The summed E-state index contributed by atoms with van der Waals surface area (Å²) in [7, 11) is 0. The van der Waals surface area contributed by atoms with Gasteiger partial charge >= 0.3 is 0 Å². The molecule has 1 unspecified atom stereocenters. The molecule has 1 atom stereocenters. The maximum atomic E-state index is 13.0. The SMILES string of the molecule is C=C(C)C(NCC)c1ccc(F)cc1I. The summed E-state index contributed by atoms with van der Waals surface area (Å²) in [4.78, 5) is 0. The Morgan fingerprint density at radius 3 is 2.73 bits per heavy atom. The van der Waals surface area contributed by atoms with Gasteiger partial charge in [-0.15, -0.1) is 0 Å². The summed E-state index contributed by atoms with van der Waals surface area (Å²) in [6, 6.07) is 4.97. The van der Waals surface area contributed by atoms with Crippen LogP contribution >= 0.6 is 22.6 Å². The molecule has 1 aromatic carbocycles. The van der Waals surface area contributed by atoms with E-state index in [2.05, 4.69) is 34.5 Å². The van der Waals surface area contributed by atoms with Crippen molar-refractivity contribution in [2.24, 2.45) is 0 Å². The van der Waals surface area contributed by atoms with Crippen molar-refractivity contribution >= 4 is 22.6 Å². The molecule has 0 amide bonds. The van der Waals surface area contributed by atoms with Crippen molar-refractivity contribution in [3.8, 4) is 0 Å². The molecule has 0 saturated carbocycles. The molecule has 0 spiro atoms. The number of nitrogens with one attached hydrogen (secondary N) is 1. The van der Waals surface area contributed by atoms with Gasteiger partial charge in [-0.3, -0.25) is 0 Å². The highest BCUT2D eigenvalue weighted by Gasteiger charge is 2.14. The number of halogens is 2. The van der Waals surface area contributed by atoms with E-state index in [0.717, 1.165) is 21.3 Å². The Hall–Kier alpha value is -0.420. The highest BCUT2D eigenvalue weighted by atomic mass is 127. The number of rotatable bonds is 4. The average molecular weight is 319 g/mol. The highest BCUT2D eigenvalue weighted by Crippen LogP contribution is 2.25. The van der Waals surface area contributed by atoms with Gasteiger partial charge in [-0.1, -0.05) is 25.1 Å². The predicted molar refractivity (Wildman–Crippen MR) is 70.3 cm³/mol. The van der Waals surface area contributed by atoms with Crippen LogP contribution in [-0.4, -0.2) is 6.54 Å². The lowest BCUT2D eigenvalue weighted by Gasteiger charge is -2.19. The van der Waals surface area contributed by atoms with Crippen LogP contribution < -0.4 is 5.32 Å². The number of hydrogen-bond donors (Lipinski definition) is 1. The van der Waals surface area contributed by atoms with E-state index in [0.29, 0.717) is 0 Å². The molecule has 15 heavy (non-hydrogen) atoms. The largest absolute Gasteiger partial charge is 0.307 e. The van der Waals surface area contributed by atoms with Crippen LogP contribution in [0.25, 0.3) is 0 Å². The molecule has 82 valence electrons. The second-order valence-electron chi connectivity index (χ2n) is 3.50. The first kappa shape index (κ1) is 12.6. The third kappa shape index (κ3) is 3.28. The van der Waals surface area contributed by atoms with E-state index >= 15 is 0 Å². The lowest BCUT2D eigenvalue weighted by Crippen LogP contribution is -2.22. The van der Waals surface area contributed by atoms with Gasteiger partial charge in [0.25, 0.3) is 0 Å². The minimum atomic E-state index is -0.194. The zero-order valence-electron chi connectivity index (χ0n) is 8.98. The summed E-state index contributed by atoms with van der Waals surface area (Å²) < 4.78 is 13.9. The standard InChI is InChI=1S/C12H15FIN/c1-4-15-12(8(2)3)10-6-5-9(13)7-11(10)14/h5-7,12,15H,2,4H2,1,3H3. The Morgan fingerprint density at radius 1 is 1.60 bits per heavy atom. The van der Waals surface area contributed by atoms with Crippen molar-refractivity contribution < 1.29 is 4.39 Å². The molecule has 1 aromatic rings. The monoisotopic (exact) mass is 319 g/mol. The lowest BCUT2D eigenvalue weighted by molar-refractivity contribution is 0.605. The van der Waals surface area contributed by atoms with Crippen LogP contribution in [0.5, 0.6) is 0 Å². The van der Waals surface area contributed by atoms with E-state index in [1.807, 2.05) is 19.9 Å². The summed E-state index contributed by atoms with van der Waals surface area (Å²) in [5, 5.41) is 3.33. The Balaban J connectivity index is 3.05. The molecule has 0 aliphatic carbocycles. The molecular formula is C12H15FIN. The zero-order chi connectivity index (χ0) is 11.4. The third-order valence-electron chi connectivity index (χ3n) is 2.17. The molecule has 0 fully saturated rings. The van der Waals surface area contributed by atoms with Crippen molar-refractivity contribution in [2.45, 2.75) is 19.9 Å². The molecule has 0 aromatic heterocycles. The molecule has 0 saturated heterocycles. The van der Waals surface area contributed by atoms with Crippen LogP contribution in [0.2, 0.25) is 0 Å². The molecule has 0 aliphatic heterocycles. The fourth-order valence-electron chi connectivity index (χ4n) is 1.49. The third-order valence-corrected chi connectivity index (χ3v) is 3.11. The molecular weight excluding hydrogens is 304 g/mol. The van der Waals surface area contributed by atoms with Crippen LogP contribution in [0, 0.1) is 9.39 Å². The van der Waals surface area contributed by atoms with Gasteiger partial charge in [0.1, 0.15) is 5.82 Å². The average Bonchev–Trinajstić information content (AvgIpc) is 2.15. The van der Waals surface area contributed by atoms with Gasteiger partial charge < -0.3 is 5.32 Å². The second-order valence-corrected chi connectivity index (χ2v) is 4.67. The first-order chi connectivity index (χ1) is 7.06. The number of hydrogen-bond acceptors (Lipinski definition) is 1. The molecule has 0 heterocycles. The van der Waals surface area contributed by atoms with E-state index in [9.17, 15) is 4.39 Å². The molecule has 0 aliphatic rings.